The Morgan fingerprint density at radius 2 is 1.68 bits per heavy atom. The molecule has 0 amide bonds. The zero-order chi connectivity index (χ0) is 26.2. The number of rotatable bonds is 6. The molecule has 3 aliphatic heterocycles. The number of benzene rings is 1. The summed E-state index contributed by atoms with van der Waals surface area (Å²) < 4.78 is 3.99. The predicted molar refractivity (Wildman–Crippen MR) is 148 cm³/mol. The molecule has 3 aromatic rings. The number of hydrogen-bond donors (Lipinski definition) is 1. The highest BCUT2D eigenvalue weighted by atomic mass is 16.3. The summed E-state index contributed by atoms with van der Waals surface area (Å²) in [5.41, 5.74) is 3.99. The molecule has 5 heterocycles. The van der Waals surface area contributed by atoms with Crippen LogP contribution >= 0.6 is 0 Å². The quantitative estimate of drug-likeness (QED) is 0.547. The maximum absolute atomic E-state index is 12.8. The lowest BCUT2D eigenvalue weighted by molar-refractivity contribution is 0.111. The molecule has 6 rings (SSSR count). The van der Waals surface area contributed by atoms with Crippen molar-refractivity contribution in [2.45, 2.75) is 51.2 Å². The summed E-state index contributed by atoms with van der Waals surface area (Å²) in [4.78, 5) is 30.0. The van der Waals surface area contributed by atoms with Gasteiger partial charge in [-0.1, -0.05) is 36.4 Å². The van der Waals surface area contributed by atoms with Gasteiger partial charge in [0, 0.05) is 69.2 Å². The summed E-state index contributed by atoms with van der Waals surface area (Å²) in [6.45, 7) is 5.76. The van der Waals surface area contributed by atoms with Crippen molar-refractivity contribution in [1.29, 1.82) is 0 Å². The first-order chi connectivity index (χ1) is 18.4. The van der Waals surface area contributed by atoms with Gasteiger partial charge in [-0.05, 0) is 62.2 Å². The van der Waals surface area contributed by atoms with Gasteiger partial charge < -0.3 is 14.2 Å². The Morgan fingerprint density at radius 1 is 0.895 bits per heavy atom. The lowest BCUT2D eigenvalue weighted by atomic mass is 9.83. The van der Waals surface area contributed by atoms with Gasteiger partial charge in [-0.15, -0.1) is 0 Å². The number of hydrogen-bond acceptors (Lipinski definition) is 5. The minimum absolute atomic E-state index is 0.0975. The molecule has 1 N–H and O–H groups in total. The van der Waals surface area contributed by atoms with Gasteiger partial charge in [0.05, 0.1) is 5.69 Å². The molecule has 38 heavy (non-hydrogen) atoms. The van der Waals surface area contributed by atoms with Crippen LogP contribution in [0.2, 0.25) is 0 Å². The number of fused-ring (bicyclic) bond motifs is 4. The molecule has 2 fully saturated rings. The molecule has 0 radical (unpaired) electrons. The number of likely N-dealkylation sites (tertiary alicyclic amines) is 2. The highest BCUT2D eigenvalue weighted by Gasteiger charge is 2.34. The molecule has 0 aliphatic carbocycles. The molecule has 200 valence electrons. The maximum atomic E-state index is 12.8. The van der Waals surface area contributed by atoms with Crippen molar-refractivity contribution < 1.29 is 5.11 Å². The molecule has 2 aromatic heterocycles. The van der Waals surface area contributed by atoms with E-state index >= 15 is 0 Å². The van der Waals surface area contributed by atoms with Crippen molar-refractivity contribution in [3.05, 3.63) is 97.8 Å². The third-order valence-corrected chi connectivity index (χ3v) is 9.03. The lowest BCUT2D eigenvalue weighted by Gasteiger charge is -2.43. The topological polar surface area (TPSA) is 70.7 Å². The fourth-order valence-corrected chi connectivity index (χ4v) is 6.99. The number of piperidine rings is 2. The van der Waals surface area contributed by atoms with E-state index in [1.807, 2.05) is 22.2 Å². The third-order valence-electron chi connectivity index (χ3n) is 9.03. The van der Waals surface area contributed by atoms with Gasteiger partial charge in [-0.3, -0.25) is 19.4 Å². The van der Waals surface area contributed by atoms with Gasteiger partial charge >= 0.3 is 0 Å². The zero-order valence-electron chi connectivity index (χ0n) is 22.3. The summed E-state index contributed by atoms with van der Waals surface area (Å²) in [7, 11) is 1.98. The van der Waals surface area contributed by atoms with Gasteiger partial charge in [0.15, 0.2) is 5.75 Å². The Labute approximate surface area is 223 Å². The Bertz CT molecular complexity index is 1400. The number of nitrogens with zero attached hydrogens (tertiary/aromatic N) is 4. The van der Waals surface area contributed by atoms with E-state index in [1.54, 1.807) is 12.1 Å². The molecular formula is C31H38N4O3. The van der Waals surface area contributed by atoms with Crippen LogP contribution < -0.4 is 11.0 Å². The van der Waals surface area contributed by atoms with Crippen LogP contribution in [-0.4, -0.2) is 50.2 Å². The van der Waals surface area contributed by atoms with Crippen molar-refractivity contribution >= 4 is 0 Å². The highest BCUT2D eigenvalue weighted by Crippen LogP contribution is 2.35. The van der Waals surface area contributed by atoms with Crippen LogP contribution in [0.5, 0.6) is 5.75 Å². The summed E-state index contributed by atoms with van der Waals surface area (Å²) in [5.74, 6) is 1.33. The van der Waals surface area contributed by atoms with E-state index in [2.05, 4.69) is 46.2 Å². The van der Waals surface area contributed by atoms with Crippen molar-refractivity contribution in [3.8, 4) is 5.75 Å². The van der Waals surface area contributed by atoms with Gasteiger partial charge in [0.2, 0.25) is 5.43 Å². The van der Waals surface area contributed by atoms with Crippen molar-refractivity contribution in [1.82, 2.24) is 18.9 Å². The minimum Gasteiger partial charge on any atom is -0.503 e. The van der Waals surface area contributed by atoms with Crippen LogP contribution in [0.1, 0.15) is 47.8 Å². The van der Waals surface area contributed by atoms with E-state index in [9.17, 15) is 14.7 Å². The third kappa shape index (κ3) is 5.09. The van der Waals surface area contributed by atoms with Gasteiger partial charge in [0.1, 0.15) is 0 Å². The van der Waals surface area contributed by atoms with E-state index in [0.717, 1.165) is 69.8 Å². The van der Waals surface area contributed by atoms with Crippen LogP contribution in [0.3, 0.4) is 0 Å². The molecule has 2 bridgehead atoms. The second-order valence-corrected chi connectivity index (χ2v) is 11.7. The molecule has 0 unspecified atom stereocenters. The Hall–Kier alpha value is -3.16. The van der Waals surface area contributed by atoms with Crippen LogP contribution in [0.4, 0.5) is 0 Å². The number of aromatic nitrogens is 2. The standard InChI is InChI=1S/C31H38N4O3/c1-32-26(20-34-17-24-15-25(19-34)27-8-5-9-30(37)35(27)18-24)16-29(36)31(38)28(32)21-33-12-10-23(11-13-33)14-22-6-3-2-4-7-22/h2-9,16,23-25,38H,10-15,17-21H2,1H3/t24-,25+/m0/s1. The largest absolute Gasteiger partial charge is 0.503 e. The first kappa shape index (κ1) is 25.1. The molecule has 3 aliphatic rings. The van der Waals surface area contributed by atoms with Crippen LogP contribution in [0, 0.1) is 11.8 Å². The first-order valence-electron chi connectivity index (χ1n) is 14.0. The van der Waals surface area contributed by atoms with E-state index < -0.39 is 0 Å². The van der Waals surface area contributed by atoms with Gasteiger partial charge in [-0.2, -0.15) is 0 Å². The zero-order valence-corrected chi connectivity index (χ0v) is 22.3. The van der Waals surface area contributed by atoms with Gasteiger partial charge in [-0.25, -0.2) is 0 Å². The smallest absolute Gasteiger partial charge is 0.250 e. The van der Waals surface area contributed by atoms with Crippen LogP contribution in [0.25, 0.3) is 0 Å². The van der Waals surface area contributed by atoms with Crippen molar-refractivity contribution in [2.24, 2.45) is 18.9 Å². The Balaban J connectivity index is 1.13. The molecule has 2 saturated heterocycles. The first-order valence-corrected chi connectivity index (χ1v) is 14.0. The molecule has 0 spiro atoms. The lowest BCUT2D eigenvalue weighted by Crippen LogP contribution is -2.47. The van der Waals surface area contributed by atoms with E-state index in [0.29, 0.717) is 36.5 Å². The minimum atomic E-state index is -0.291. The van der Waals surface area contributed by atoms with E-state index in [4.69, 9.17) is 0 Å². The molecule has 2 atom stereocenters. The average molecular weight is 515 g/mol. The molecule has 7 nitrogen and oxygen atoms in total. The van der Waals surface area contributed by atoms with Crippen molar-refractivity contribution in [2.75, 3.05) is 26.2 Å². The van der Waals surface area contributed by atoms with Crippen molar-refractivity contribution in [3.63, 3.8) is 0 Å². The monoisotopic (exact) mass is 514 g/mol. The average Bonchev–Trinajstić information content (AvgIpc) is 2.92. The maximum Gasteiger partial charge on any atom is 0.250 e. The molecule has 0 saturated carbocycles. The molecule has 1 aromatic carbocycles. The second kappa shape index (κ2) is 10.5. The normalized spacial score (nSPS) is 22.3. The summed E-state index contributed by atoms with van der Waals surface area (Å²) in [5, 5.41) is 10.7. The fourth-order valence-electron chi connectivity index (χ4n) is 6.99. The Morgan fingerprint density at radius 3 is 2.47 bits per heavy atom. The SMILES string of the molecule is Cn1c(CN2C[C@@H]3C[C@H](C2)c2cccc(=O)n2C3)cc(=O)c(O)c1CN1CCC(Cc2ccccc2)CC1. The van der Waals surface area contributed by atoms with E-state index in [-0.39, 0.29) is 16.7 Å². The Kier molecular flexibility index (Phi) is 6.97. The molecule has 7 heteroatoms. The molecular weight excluding hydrogens is 476 g/mol. The predicted octanol–water partition coefficient (Wildman–Crippen LogP) is 3.33. The summed E-state index contributed by atoms with van der Waals surface area (Å²) in [6.07, 6.45) is 4.49. The number of pyridine rings is 2. The van der Waals surface area contributed by atoms with Crippen LogP contribution in [0.15, 0.2) is 64.2 Å². The summed E-state index contributed by atoms with van der Waals surface area (Å²) >= 11 is 0. The van der Waals surface area contributed by atoms with E-state index in [1.165, 1.54) is 5.56 Å². The highest BCUT2D eigenvalue weighted by molar-refractivity contribution is 5.30. The van der Waals surface area contributed by atoms with Gasteiger partial charge in [0.25, 0.3) is 5.56 Å². The number of aromatic hydroxyl groups is 1. The summed E-state index contributed by atoms with van der Waals surface area (Å²) in [6, 6.07) is 17.9. The second-order valence-electron chi connectivity index (χ2n) is 11.7. The fraction of sp³-hybridized carbons (Fsp3) is 0.484. The van der Waals surface area contributed by atoms with Crippen LogP contribution in [-0.2, 0) is 33.1 Å².